The first-order valence-electron chi connectivity index (χ1n) is 7.03. The number of hydrogen-bond acceptors (Lipinski definition) is 4. The number of amides is 1. The normalized spacial score (nSPS) is 26.2. The van der Waals surface area contributed by atoms with Gasteiger partial charge in [-0.15, -0.1) is 0 Å². The SMILES string of the molecule is CCCCN(C)[C@@H]1C=C(C(=O)O)C[C@H](N)[C@H]1NC(C)=O. The lowest BCUT2D eigenvalue weighted by atomic mass is 9.86. The van der Waals surface area contributed by atoms with Crippen LogP contribution in [0.2, 0.25) is 0 Å². The van der Waals surface area contributed by atoms with Crippen LogP contribution in [0.4, 0.5) is 0 Å². The molecule has 0 aromatic heterocycles. The topological polar surface area (TPSA) is 95.7 Å². The van der Waals surface area contributed by atoms with E-state index in [2.05, 4.69) is 17.1 Å². The van der Waals surface area contributed by atoms with Crippen LogP contribution >= 0.6 is 0 Å². The maximum Gasteiger partial charge on any atom is 0.331 e. The van der Waals surface area contributed by atoms with Crippen molar-refractivity contribution in [2.45, 2.75) is 51.2 Å². The molecule has 0 heterocycles. The van der Waals surface area contributed by atoms with Gasteiger partial charge in [-0.25, -0.2) is 4.79 Å². The Morgan fingerprint density at radius 1 is 1.55 bits per heavy atom. The average Bonchev–Trinajstić information content (AvgIpc) is 2.37. The summed E-state index contributed by atoms with van der Waals surface area (Å²) in [4.78, 5) is 24.6. The number of hydrogen-bond donors (Lipinski definition) is 3. The zero-order valence-corrected chi connectivity index (χ0v) is 12.4. The van der Waals surface area contributed by atoms with Crippen molar-refractivity contribution < 1.29 is 14.7 Å². The van der Waals surface area contributed by atoms with Crippen molar-refractivity contribution in [1.82, 2.24) is 10.2 Å². The number of carbonyl (C=O) groups is 2. The Morgan fingerprint density at radius 2 is 2.20 bits per heavy atom. The van der Waals surface area contributed by atoms with Crippen molar-refractivity contribution in [3.05, 3.63) is 11.6 Å². The molecular weight excluding hydrogens is 258 g/mol. The highest BCUT2D eigenvalue weighted by Gasteiger charge is 2.35. The molecule has 1 aliphatic carbocycles. The van der Waals surface area contributed by atoms with Crippen molar-refractivity contribution in [3.8, 4) is 0 Å². The Hall–Kier alpha value is -1.40. The second-order valence-electron chi connectivity index (χ2n) is 5.42. The third kappa shape index (κ3) is 4.31. The van der Waals surface area contributed by atoms with Crippen LogP contribution in [-0.4, -0.2) is 53.6 Å². The van der Waals surface area contributed by atoms with Crippen molar-refractivity contribution >= 4 is 11.9 Å². The Bertz CT molecular complexity index is 395. The predicted molar refractivity (Wildman–Crippen MR) is 77.2 cm³/mol. The van der Waals surface area contributed by atoms with Gasteiger partial charge in [0.05, 0.1) is 12.1 Å². The van der Waals surface area contributed by atoms with Crippen LogP contribution in [0.25, 0.3) is 0 Å². The van der Waals surface area contributed by atoms with Crippen LogP contribution in [0.15, 0.2) is 11.6 Å². The van der Waals surface area contributed by atoms with Crippen molar-refractivity contribution in [2.75, 3.05) is 13.6 Å². The number of rotatable bonds is 6. The lowest BCUT2D eigenvalue weighted by molar-refractivity contribution is -0.133. The summed E-state index contributed by atoms with van der Waals surface area (Å²) in [5.74, 6) is -1.08. The van der Waals surface area contributed by atoms with Gasteiger partial charge in [-0.3, -0.25) is 9.69 Å². The summed E-state index contributed by atoms with van der Waals surface area (Å²) < 4.78 is 0. The van der Waals surface area contributed by atoms with Crippen LogP contribution in [0.1, 0.15) is 33.1 Å². The van der Waals surface area contributed by atoms with E-state index in [-0.39, 0.29) is 30.5 Å². The molecule has 114 valence electrons. The van der Waals surface area contributed by atoms with E-state index in [1.807, 2.05) is 7.05 Å². The van der Waals surface area contributed by atoms with Crippen molar-refractivity contribution in [1.29, 1.82) is 0 Å². The highest BCUT2D eigenvalue weighted by Crippen LogP contribution is 2.22. The molecule has 0 unspecified atom stereocenters. The summed E-state index contributed by atoms with van der Waals surface area (Å²) in [6, 6.07) is -0.818. The van der Waals surface area contributed by atoms with E-state index < -0.39 is 5.97 Å². The smallest absolute Gasteiger partial charge is 0.331 e. The third-order valence-corrected chi connectivity index (χ3v) is 3.67. The van der Waals surface area contributed by atoms with Crippen LogP contribution < -0.4 is 11.1 Å². The van der Waals surface area contributed by atoms with Crippen molar-refractivity contribution in [2.24, 2.45) is 5.73 Å². The highest BCUT2D eigenvalue weighted by atomic mass is 16.4. The Kier molecular flexibility index (Phi) is 6.16. The van der Waals surface area contributed by atoms with Gasteiger partial charge < -0.3 is 16.2 Å². The number of unbranched alkanes of at least 4 members (excludes halogenated alkanes) is 1. The number of aliphatic carboxylic acids is 1. The molecule has 1 amide bonds. The van der Waals surface area contributed by atoms with E-state index in [0.29, 0.717) is 5.57 Å². The lowest BCUT2D eigenvalue weighted by Crippen LogP contribution is -2.60. The molecule has 0 aromatic carbocycles. The molecule has 0 radical (unpaired) electrons. The summed E-state index contributed by atoms with van der Waals surface area (Å²) >= 11 is 0. The number of nitrogens with two attached hydrogens (primary N) is 1. The first kappa shape index (κ1) is 16.7. The largest absolute Gasteiger partial charge is 0.478 e. The standard InChI is InChI=1S/C14H25N3O3/c1-4-5-6-17(3)12-8-10(14(19)20)7-11(15)13(12)16-9(2)18/h8,11-13H,4-7,15H2,1-3H3,(H,16,18)(H,19,20)/t11-,12+,13+/m0/s1. The van der Waals surface area contributed by atoms with Crippen LogP contribution in [-0.2, 0) is 9.59 Å². The van der Waals surface area contributed by atoms with E-state index >= 15 is 0 Å². The lowest BCUT2D eigenvalue weighted by Gasteiger charge is -2.39. The fourth-order valence-corrected chi connectivity index (χ4v) is 2.56. The van der Waals surface area contributed by atoms with Gasteiger partial charge in [-0.05, 0) is 26.4 Å². The summed E-state index contributed by atoms with van der Waals surface area (Å²) in [5.41, 5.74) is 6.39. The molecule has 6 heteroatoms. The molecular formula is C14H25N3O3. The van der Waals surface area contributed by atoms with Gasteiger partial charge in [0.1, 0.15) is 0 Å². The molecule has 0 saturated heterocycles. The minimum Gasteiger partial charge on any atom is -0.478 e. The third-order valence-electron chi connectivity index (χ3n) is 3.67. The molecule has 0 fully saturated rings. The molecule has 1 rings (SSSR count). The molecule has 3 atom stereocenters. The summed E-state index contributed by atoms with van der Waals surface area (Å²) in [7, 11) is 1.93. The maximum atomic E-state index is 11.3. The number of carbonyl (C=O) groups excluding carboxylic acids is 1. The van der Waals surface area contributed by atoms with Crippen LogP contribution in [0, 0.1) is 0 Å². The molecule has 0 bridgehead atoms. The van der Waals surface area contributed by atoms with Gasteiger partial charge in [0.2, 0.25) is 5.91 Å². The first-order valence-corrected chi connectivity index (χ1v) is 7.03. The molecule has 0 aromatic rings. The number of likely N-dealkylation sites (N-methyl/N-ethyl adjacent to an activating group) is 1. The van der Waals surface area contributed by atoms with Gasteiger partial charge in [0.15, 0.2) is 0 Å². The summed E-state index contributed by atoms with van der Waals surface area (Å²) in [6.07, 6.45) is 4.08. The van der Waals surface area contributed by atoms with Gasteiger partial charge in [-0.2, -0.15) is 0 Å². The van der Waals surface area contributed by atoms with Gasteiger partial charge in [-0.1, -0.05) is 19.4 Å². The zero-order valence-electron chi connectivity index (χ0n) is 12.4. The fraction of sp³-hybridized carbons (Fsp3) is 0.714. The Morgan fingerprint density at radius 3 is 2.70 bits per heavy atom. The second-order valence-corrected chi connectivity index (χ2v) is 5.42. The molecule has 4 N–H and O–H groups in total. The summed E-state index contributed by atoms with van der Waals surface area (Å²) in [5, 5.41) is 12.0. The van der Waals surface area contributed by atoms with E-state index in [0.717, 1.165) is 19.4 Å². The quantitative estimate of drug-likeness (QED) is 0.653. The Labute approximate surface area is 120 Å². The van der Waals surface area contributed by atoms with Gasteiger partial charge in [0, 0.05) is 18.5 Å². The number of nitrogens with zero attached hydrogens (tertiary/aromatic N) is 1. The van der Waals surface area contributed by atoms with Crippen LogP contribution in [0.3, 0.4) is 0 Å². The first-order chi connectivity index (χ1) is 9.36. The van der Waals surface area contributed by atoms with Crippen LogP contribution in [0.5, 0.6) is 0 Å². The summed E-state index contributed by atoms with van der Waals surface area (Å²) in [6.45, 7) is 4.39. The zero-order chi connectivity index (χ0) is 15.3. The molecule has 0 saturated carbocycles. The van der Waals surface area contributed by atoms with E-state index in [1.165, 1.54) is 6.92 Å². The average molecular weight is 283 g/mol. The fourth-order valence-electron chi connectivity index (χ4n) is 2.56. The second kappa shape index (κ2) is 7.40. The number of carboxylic acids is 1. The van der Waals surface area contributed by atoms with Gasteiger partial charge in [0.25, 0.3) is 0 Å². The van der Waals surface area contributed by atoms with Gasteiger partial charge >= 0.3 is 5.97 Å². The Balaban J connectivity index is 2.96. The predicted octanol–water partition coefficient (Wildman–Crippen LogP) is 0.334. The van der Waals surface area contributed by atoms with Crippen molar-refractivity contribution in [3.63, 3.8) is 0 Å². The minimum atomic E-state index is -0.935. The molecule has 0 spiro atoms. The monoisotopic (exact) mass is 283 g/mol. The van der Waals surface area contributed by atoms with E-state index in [4.69, 9.17) is 5.73 Å². The molecule has 6 nitrogen and oxygen atoms in total. The molecule has 1 aliphatic rings. The van der Waals surface area contributed by atoms with E-state index in [1.54, 1.807) is 6.08 Å². The number of nitrogens with one attached hydrogen (secondary N) is 1. The maximum absolute atomic E-state index is 11.3. The molecule has 0 aliphatic heterocycles. The number of carboxylic acid groups (broad SMARTS) is 1. The highest BCUT2D eigenvalue weighted by molar-refractivity contribution is 5.87. The molecule has 20 heavy (non-hydrogen) atoms. The minimum absolute atomic E-state index is 0.147. The van der Waals surface area contributed by atoms with E-state index in [9.17, 15) is 14.7 Å².